The third-order valence-electron chi connectivity index (χ3n) is 6.90. The van der Waals surface area contributed by atoms with Crippen LogP contribution < -0.4 is 16.0 Å². The Hall–Kier alpha value is -4.38. The second-order valence-electron chi connectivity index (χ2n) is 9.65. The highest BCUT2D eigenvalue weighted by Crippen LogP contribution is 2.29. The molecule has 2 aromatic carbocycles. The lowest BCUT2D eigenvalue weighted by Crippen LogP contribution is -2.51. The zero-order valence-corrected chi connectivity index (χ0v) is 23.7. The summed E-state index contributed by atoms with van der Waals surface area (Å²) >= 11 is 6.41. The summed E-state index contributed by atoms with van der Waals surface area (Å²) < 4.78 is 10.1. The first-order valence-corrected chi connectivity index (χ1v) is 13.7. The van der Waals surface area contributed by atoms with Gasteiger partial charge in [0.25, 0.3) is 0 Å². The van der Waals surface area contributed by atoms with E-state index < -0.39 is 12.2 Å². The molecule has 0 saturated carbocycles. The number of hydrogen-bond acceptors (Lipinski definition) is 7. The van der Waals surface area contributed by atoms with Crippen LogP contribution in [0.2, 0.25) is 5.15 Å². The molecule has 2 heterocycles. The van der Waals surface area contributed by atoms with E-state index in [1.807, 2.05) is 36.4 Å². The van der Waals surface area contributed by atoms with Crippen molar-refractivity contribution in [3.8, 4) is 11.1 Å². The molecule has 3 aromatic rings. The molecule has 2 atom stereocenters. The fourth-order valence-electron chi connectivity index (χ4n) is 4.78. The summed E-state index contributed by atoms with van der Waals surface area (Å²) in [4.78, 5) is 38.5. The summed E-state index contributed by atoms with van der Waals surface area (Å²) in [5.41, 5.74) is 3.49. The van der Waals surface area contributed by atoms with Crippen molar-refractivity contribution in [2.45, 2.75) is 31.9 Å². The summed E-state index contributed by atoms with van der Waals surface area (Å²) in [6.45, 7) is 1.26. The van der Waals surface area contributed by atoms with Gasteiger partial charge in [-0.1, -0.05) is 54.1 Å². The summed E-state index contributed by atoms with van der Waals surface area (Å²) in [7, 11) is 2.90. The highest BCUT2D eigenvalue weighted by Gasteiger charge is 2.31. The Morgan fingerprint density at radius 3 is 2.54 bits per heavy atom. The van der Waals surface area contributed by atoms with E-state index in [9.17, 15) is 14.4 Å². The Bertz CT molecular complexity index is 1340. The second-order valence-corrected chi connectivity index (χ2v) is 10.0. The lowest BCUT2D eigenvalue weighted by molar-refractivity contribution is 0.120. The van der Waals surface area contributed by atoms with Gasteiger partial charge in [-0.3, -0.25) is 5.32 Å². The molecule has 1 aromatic heterocycles. The Kier molecular flexibility index (Phi) is 10.3. The third kappa shape index (κ3) is 8.31. The van der Waals surface area contributed by atoms with E-state index in [1.54, 1.807) is 36.2 Å². The van der Waals surface area contributed by atoms with Gasteiger partial charge in [0.05, 0.1) is 12.8 Å². The number of nitrogens with zero attached hydrogens (tertiary/aromatic N) is 3. The van der Waals surface area contributed by atoms with Gasteiger partial charge < -0.3 is 25.0 Å². The molecule has 1 aliphatic rings. The molecule has 0 spiro atoms. The van der Waals surface area contributed by atoms with Gasteiger partial charge in [0.2, 0.25) is 0 Å². The average Bonchev–Trinajstić information content (AvgIpc) is 3.01. The molecule has 216 valence electrons. The molecule has 1 fully saturated rings. The average molecular weight is 581 g/mol. The van der Waals surface area contributed by atoms with Crippen LogP contribution >= 0.6 is 11.6 Å². The van der Waals surface area contributed by atoms with Gasteiger partial charge in [-0.15, -0.1) is 5.10 Å². The maximum Gasteiger partial charge on any atom is 0.411 e. The number of hydrogen-bond donors (Lipinski definition) is 3. The van der Waals surface area contributed by atoms with E-state index in [-0.39, 0.29) is 29.8 Å². The number of rotatable bonds is 8. The molecule has 4 rings (SSSR count). The first-order chi connectivity index (χ1) is 19.9. The molecule has 1 aliphatic heterocycles. The summed E-state index contributed by atoms with van der Waals surface area (Å²) in [6, 6.07) is 17.8. The van der Waals surface area contributed by atoms with Crippen molar-refractivity contribution >= 4 is 35.5 Å². The van der Waals surface area contributed by atoms with Gasteiger partial charge >= 0.3 is 18.2 Å². The maximum atomic E-state index is 12.9. The monoisotopic (exact) mass is 580 g/mol. The molecular weight excluding hydrogens is 548 g/mol. The minimum absolute atomic E-state index is 0.0325. The number of anilines is 1. The van der Waals surface area contributed by atoms with E-state index in [2.05, 4.69) is 30.9 Å². The van der Waals surface area contributed by atoms with E-state index >= 15 is 0 Å². The summed E-state index contributed by atoms with van der Waals surface area (Å²) in [6.07, 6.45) is 0.860. The van der Waals surface area contributed by atoms with Crippen molar-refractivity contribution in [2.75, 3.05) is 32.6 Å². The van der Waals surface area contributed by atoms with Crippen LogP contribution in [0.15, 0.2) is 60.7 Å². The van der Waals surface area contributed by atoms with E-state index in [0.717, 1.165) is 24.0 Å². The highest BCUT2D eigenvalue weighted by atomic mass is 35.5. The largest absolute Gasteiger partial charge is 0.453 e. The smallest absolute Gasteiger partial charge is 0.411 e. The minimum Gasteiger partial charge on any atom is -0.453 e. The van der Waals surface area contributed by atoms with Crippen molar-refractivity contribution in [1.29, 1.82) is 0 Å². The van der Waals surface area contributed by atoms with Gasteiger partial charge in [0.1, 0.15) is 6.61 Å². The zero-order valence-electron chi connectivity index (χ0n) is 22.9. The lowest BCUT2D eigenvalue weighted by Gasteiger charge is -2.36. The molecule has 0 bridgehead atoms. The molecule has 0 radical (unpaired) electrons. The number of aromatic nitrogens is 2. The Labute approximate surface area is 243 Å². The second kappa shape index (κ2) is 14.3. The van der Waals surface area contributed by atoms with Crippen LogP contribution in [0, 0.1) is 5.92 Å². The number of benzene rings is 2. The predicted octanol–water partition coefficient (Wildman–Crippen LogP) is 4.86. The van der Waals surface area contributed by atoms with Gasteiger partial charge in [-0.05, 0) is 48.1 Å². The topological polar surface area (TPSA) is 135 Å². The minimum atomic E-state index is -0.567. The number of amides is 4. The standard InChI is InChI=1S/C29H33ClN6O5/c1-31-27(37)36-14-6-9-21(17-36)25(33-29(39)41-18-19-7-4-3-5-8-19)16-23-15-24(26(30)35-34-23)20-10-12-22(13-11-20)32-28(38)40-2/h3-5,7-8,10-13,15,21,25H,6,9,14,16-18H2,1-2H3,(H,31,37)(H,32,38)(H,33,39)/t21?,25-/m0/s1. The maximum absolute atomic E-state index is 12.9. The van der Waals surface area contributed by atoms with E-state index in [4.69, 9.17) is 16.3 Å². The zero-order chi connectivity index (χ0) is 29.2. The van der Waals surface area contributed by atoms with E-state index in [0.29, 0.717) is 36.5 Å². The van der Waals surface area contributed by atoms with Crippen LogP contribution in [0.3, 0.4) is 0 Å². The Balaban J connectivity index is 1.52. The molecule has 4 amide bonds. The van der Waals surface area contributed by atoms with Crippen molar-refractivity contribution < 1.29 is 23.9 Å². The number of methoxy groups -OCH3 is 1. The lowest BCUT2D eigenvalue weighted by atomic mass is 9.88. The SMILES string of the molecule is CNC(=O)N1CCCC([C@H](Cc2cc(-c3ccc(NC(=O)OC)cc3)c(Cl)nn2)NC(=O)OCc2ccccc2)C1. The number of urea groups is 1. The normalized spacial score (nSPS) is 15.4. The number of carbonyl (C=O) groups excluding carboxylic acids is 3. The first-order valence-electron chi connectivity index (χ1n) is 13.3. The summed E-state index contributed by atoms with van der Waals surface area (Å²) in [5, 5.41) is 17.0. The van der Waals surface area contributed by atoms with Gasteiger partial charge in [0.15, 0.2) is 5.15 Å². The molecule has 1 unspecified atom stereocenters. The number of nitrogens with one attached hydrogen (secondary N) is 3. The number of likely N-dealkylation sites (tertiary alicyclic amines) is 1. The van der Waals surface area contributed by atoms with Crippen LogP contribution in [-0.4, -0.2) is 66.6 Å². The Morgan fingerprint density at radius 2 is 1.83 bits per heavy atom. The number of ether oxygens (including phenoxy) is 2. The third-order valence-corrected chi connectivity index (χ3v) is 7.18. The van der Waals surface area contributed by atoms with Gasteiger partial charge in [-0.25, -0.2) is 14.4 Å². The van der Waals surface area contributed by atoms with Crippen molar-refractivity contribution in [2.24, 2.45) is 5.92 Å². The molecular formula is C29H33ClN6O5. The van der Waals surface area contributed by atoms with Crippen molar-refractivity contribution in [3.63, 3.8) is 0 Å². The number of halogens is 1. The van der Waals surface area contributed by atoms with Crippen LogP contribution in [0.4, 0.5) is 20.1 Å². The predicted molar refractivity (Wildman–Crippen MR) is 155 cm³/mol. The quantitative estimate of drug-likeness (QED) is 0.346. The van der Waals surface area contributed by atoms with Gasteiger partial charge in [-0.2, -0.15) is 5.10 Å². The van der Waals surface area contributed by atoms with Crippen molar-refractivity contribution in [1.82, 2.24) is 25.7 Å². The highest BCUT2D eigenvalue weighted by molar-refractivity contribution is 6.32. The van der Waals surface area contributed by atoms with Crippen molar-refractivity contribution in [3.05, 3.63) is 77.1 Å². The molecule has 3 N–H and O–H groups in total. The van der Waals surface area contributed by atoms with Crippen LogP contribution in [-0.2, 0) is 22.5 Å². The molecule has 11 nitrogen and oxygen atoms in total. The van der Waals surface area contributed by atoms with Gasteiger partial charge in [0, 0.05) is 43.9 Å². The first kappa shape index (κ1) is 29.6. The van der Waals surface area contributed by atoms with E-state index in [1.165, 1.54) is 7.11 Å². The fraction of sp³-hybridized carbons (Fsp3) is 0.345. The van der Waals surface area contributed by atoms with Crippen LogP contribution in [0.5, 0.6) is 0 Å². The molecule has 0 aliphatic carbocycles. The summed E-state index contributed by atoms with van der Waals surface area (Å²) in [5.74, 6) is -0.0325. The molecule has 12 heteroatoms. The number of carbonyl (C=O) groups is 3. The number of piperidine rings is 1. The molecule has 1 saturated heterocycles. The van der Waals surface area contributed by atoms with Crippen LogP contribution in [0.1, 0.15) is 24.1 Å². The molecule has 41 heavy (non-hydrogen) atoms. The fourth-order valence-corrected chi connectivity index (χ4v) is 4.98. The van der Waals surface area contributed by atoms with Crippen LogP contribution in [0.25, 0.3) is 11.1 Å². The number of alkyl carbamates (subject to hydrolysis) is 1. The Morgan fingerprint density at radius 1 is 1.07 bits per heavy atom.